The van der Waals surface area contributed by atoms with E-state index in [1.54, 1.807) is 31.2 Å². The van der Waals surface area contributed by atoms with Crippen LogP contribution in [0, 0.1) is 6.92 Å². The number of carbonyl (C=O) groups is 1. The zero-order valence-corrected chi connectivity index (χ0v) is 16.9. The maximum absolute atomic E-state index is 12.8. The Morgan fingerprint density at radius 1 is 1.15 bits per heavy atom. The molecule has 0 atom stereocenters. The topological polar surface area (TPSA) is 75.7 Å². The molecule has 1 saturated heterocycles. The first-order valence-corrected chi connectivity index (χ1v) is 10.4. The average Bonchev–Trinajstić information content (AvgIpc) is 2.66. The number of morpholine rings is 1. The summed E-state index contributed by atoms with van der Waals surface area (Å²) < 4.78 is 32.2. The number of nitrogens with zero attached hydrogens (tertiary/aromatic N) is 1. The van der Waals surface area contributed by atoms with Gasteiger partial charge in [0.2, 0.25) is 10.0 Å². The zero-order valence-electron chi connectivity index (χ0n) is 14.5. The Hall–Kier alpha value is -1.64. The van der Waals surface area contributed by atoms with E-state index in [0.717, 1.165) is 5.56 Å². The van der Waals surface area contributed by atoms with Gasteiger partial charge in [0.25, 0.3) is 5.91 Å². The van der Waals surface area contributed by atoms with Gasteiger partial charge < -0.3 is 10.1 Å². The second kappa shape index (κ2) is 8.16. The Labute approximate surface area is 168 Å². The lowest BCUT2D eigenvalue weighted by Gasteiger charge is -2.26. The van der Waals surface area contributed by atoms with E-state index in [0.29, 0.717) is 32.0 Å². The molecule has 3 rings (SSSR count). The molecular weight excluding hydrogens is 411 g/mol. The summed E-state index contributed by atoms with van der Waals surface area (Å²) in [6.07, 6.45) is 0. The maximum Gasteiger partial charge on any atom is 0.257 e. The van der Waals surface area contributed by atoms with E-state index in [-0.39, 0.29) is 20.5 Å². The van der Waals surface area contributed by atoms with E-state index < -0.39 is 15.9 Å². The first-order valence-electron chi connectivity index (χ1n) is 8.24. The summed E-state index contributed by atoms with van der Waals surface area (Å²) in [4.78, 5) is 12.7. The lowest BCUT2D eigenvalue weighted by molar-refractivity contribution is 0.0730. The Kier molecular flexibility index (Phi) is 6.08. The third-order valence-electron chi connectivity index (χ3n) is 4.26. The molecule has 1 N–H and O–H groups in total. The summed E-state index contributed by atoms with van der Waals surface area (Å²) >= 11 is 12.0. The van der Waals surface area contributed by atoms with Gasteiger partial charge >= 0.3 is 0 Å². The van der Waals surface area contributed by atoms with Crippen molar-refractivity contribution in [2.45, 2.75) is 11.8 Å². The fourth-order valence-corrected chi connectivity index (χ4v) is 4.52. The second-order valence-electron chi connectivity index (χ2n) is 6.05. The second-order valence-corrected chi connectivity index (χ2v) is 8.77. The molecule has 0 bridgehead atoms. The lowest BCUT2D eigenvalue weighted by atomic mass is 10.1. The van der Waals surface area contributed by atoms with E-state index in [9.17, 15) is 13.2 Å². The normalized spacial score (nSPS) is 15.5. The number of sulfonamides is 1. The smallest absolute Gasteiger partial charge is 0.257 e. The van der Waals surface area contributed by atoms with Crippen molar-refractivity contribution < 1.29 is 17.9 Å². The van der Waals surface area contributed by atoms with Crippen molar-refractivity contribution in [1.29, 1.82) is 0 Å². The number of rotatable bonds is 4. The molecule has 0 radical (unpaired) electrons. The van der Waals surface area contributed by atoms with Gasteiger partial charge in [-0.1, -0.05) is 35.3 Å². The van der Waals surface area contributed by atoms with Crippen LogP contribution >= 0.6 is 23.2 Å². The maximum atomic E-state index is 12.8. The van der Waals surface area contributed by atoms with Crippen LogP contribution in [0.25, 0.3) is 0 Å². The van der Waals surface area contributed by atoms with Crippen LogP contribution in [0.3, 0.4) is 0 Å². The van der Waals surface area contributed by atoms with Gasteiger partial charge in [-0.3, -0.25) is 4.79 Å². The highest BCUT2D eigenvalue weighted by molar-refractivity contribution is 7.89. The summed E-state index contributed by atoms with van der Waals surface area (Å²) in [6.45, 7) is 3.11. The molecule has 0 aromatic heterocycles. The average molecular weight is 429 g/mol. The molecule has 2 aromatic rings. The Balaban J connectivity index is 1.89. The molecular formula is C18H18Cl2N2O4S. The number of hydrogen-bond donors (Lipinski definition) is 1. The van der Waals surface area contributed by atoms with Crippen molar-refractivity contribution in [2.24, 2.45) is 0 Å². The van der Waals surface area contributed by atoms with Crippen LogP contribution < -0.4 is 5.32 Å². The molecule has 1 amide bonds. The van der Waals surface area contributed by atoms with Gasteiger partial charge in [0.1, 0.15) is 0 Å². The number of anilines is 1. The summed E-state index contributed by atoms with van der Waals surface area (Å²) in [5.41, 5.74) is 1.33. The predicted molar refractivity (Wildman–Crippen MR) is 105 cm³/mol. The number of aryl methyl sites for hydroxylation is 1. The first-order chi connectivity index (χ1) is 12.8. The number of ether oxygens (including phenoxy) is 1. The van der Waals surface area contributed by atoms with Crippen molar-refractivity contribution in [1.82, 2.24) is 4.31 Å². The minimum absolute atomic E-state index is 0.113. The minimum atomic E-state index is -3.66. The predicted octanol–water partition coefficient (Wildman–Crippen LogP) is 3.58. The summed E-state index contributed by atoms with van der Waals surface area (Å²) in [6, 6.07) is 9.39. The SMILES string of the molecule is Cc1ccc(S(=O)(=O)N2CCOCC2)cc1NC(=O)c1cccc(Cl)c1Cl. The summed E-state index contributed by atoms with van der Waals surface area (Å²) in [7, 11) is -3.66. The Morgan fingerprint density at radius 3 is 2.56 bits per heavy atom. The van der Waals surface area contributed by atoms with E-state index in [4.69, 9.17) is 27.9 Å². The fraction of sp³-hybridized carbons (Fsp3) is 0.278. The third-order valence-corrected chi connectivity index (χ3v) is 6.97. The van der Waals surface area contributed by atoms with Gasteiger partial charge in [0, 0.05) is 18.8 Å². The molecule has 0 unspecified atom stereocenters. The van der Waals surface area contributed by atoms with Gasteiger partial charge in [-0.05, 0) is 36.8 Å². The highest BCUT2D eigenvalue weighted by Gasteiger charge is 2.27. The van der Waals surface area contributed by atoms with Gasteiger partial charge in [-0.2, -0.15) is 4.31 Å². The van der Waals surface area contributed by atoms with E-state index in [1.807, 2.05) is 0 Å². The molecule has 0 aliphatic carbocycles. The molecule has 1 fully saturated rings. The van der Waals surface area contributed by atoms with E-state index >= 15 is 0 Å². The van der Waals surface area contributed by atoms with Crippen LogP contribution in [0.2, 0.25) is 10.0 Å². The molecule has 1 aliphatic rings. The van der Waals surface area contributed by atoms with Crippen molar-refractivity contribution in [3.63, 3.8) is 0 Å². The van der Waals surface area contributed by atoms with Gasteiger partial charge in [0.05, 0.1) is 33.7 Å². The first kappa shape index (κ1) is 20.1. The van der Waals surface area contributed by atoms with Crippen LogP contribution in [0.5, 0.6) is 0 Å². The van der Waals surface area contributed by atoms with Crippen LogP contribution in [0.15, 0.2) is 41.3 Å². The quantitative estimate of drug-likeness (QED) is 0.807. The minimum Gasteiger partial charge on any atom is -0.379 e. The summed E-state index contributed by atoms with van der Waals surface area (Å²) in [5, 5.41) is 3.13. The number of hydrogen-bond acceptors (Lipinski definition) is 4. The molecule has 27 heavy (non-hydrogen) atoms. The number of halogens is 2. The molecule has 9 heteroatoms. The standard InChI is InChI=1S/C18H18Cl2N2O4S/c1-12-5-6-13(27(24,25)22-7-9-26-10-8-22)11-16(12)21-18(23)14-3-2-4-15(19)17(14)20/h2-6,11H,7-10H2,1H3,(H,21,23). The van der Waals surface area contributed by atoms with Crippen molar-refractivity contribution in [3.8, 4) is 0 Å². The molecule has 6 nitrogen and oxygen atoms in total. The van der Waals surface area contributed by atoms with Crippen LogP contribution in [0.4, 0.5) is 5.69 Å². The lowest BCUT2D eigenvalue weighted by Crippen LogP contribution is -2.40. The van der Waals surface area contributed by atoms with Crippen molar-refractivity contribution in [2.75, 3.05) is 31.6 Å². The van der Waals surface area contributed by atoms with Crippen LogP contribution in [-0.2, 0) is 14.8 Å². The van der Waals surface area contributed by atoms with Gasteiger partial charge in [-0.25, -0.2) is 8.42 Å². The number of amides is 1. The van der Waals surface area contributed by atoms with E-state index in [2.05, 4.69) is 5.32 Å². The highest BCUT2D eigenvalue weighted by Crippen LogP contribution is 2.28. The van der Waals surface area contributed by atoms with Crippen molar-refractivity contribution in [3.05, 3.63) is 57.6 Å². The van der Waals surface area contributed by atoms with Crippen molar-refractivity contribution >= 4 is 44.8 Å². The molecule has 2 aromatic carbocycles. The molecule has 1 aliphatic heterocycles. The van der Waals surface area contributed by atoms with E-state index in [1.165, 1.54) is 16.4 Å². The van der Waals surface area contributed by atoms with Gasteiger partial charge in [0.15, 0.2) is 0 Å². The third kappa shape index (κ3) is 4.28. The molecule has 0 saturated carbocycles. The Morgan fingerprint density at radius 2 is 1.85 bits per heavy atom. The van der Waals surface area contributed by atoms with Crippen LogP contribution in [-0.4, -0.2) is 44.9 Å². The molecule has 144 valence electrons. The number of benzene rings is 2. The molecule has 0 spiro atoms. The summed E-state index contributed by atoms with van der Waals surface area (Å²) in [5.74, 6) is -0.466. The Bertz CT molecular complexity index is 973. The monoisotopic (exact) mass is 428 g/mol. The number of carbonyl (C=O) groups excluding carboxylic acids is 1. The van der Waals surface area contributed by atoms with Gasteiger partial charge in [-0.15, -0.1) is 0 Å². The number of nitrogens with one attached hydrogen (secondary N) is 1. The fourth-order valence-electron chi connectivity index (χ4n) is 2.70. The largest absolute Gasteiger partial charge is 0.379 e. The zero-order chi connectivity index (χ0) is 19.6. The molecule has 1 heterocycles. The highest BCUT2D eigenvalue weighted by atomic mass is 35.5. The van der Waals surface area contributed by atoms with Crippen LogP contribution in [0.1, 0.15) is 15.9 Å².